The summed E-state index contributed by atoms with van der Waals surface area (Å²) in [7, 11) is 0. The molecule has 0 radical (unpaired) electrons. The van der Waals surface area contributed by atoms with Gasteiger partial charge in [0.2, 0.25) is 5.91 Å². The summed E-state index contributed by atoms with van der Waals surface area (Å²) in [4.78, 5) is 14.8. The van der Waals surface area contributed by atoms with Crippen molar-refractivity contribution in [1.29, 1.82) is 0 Å². The fourth-order valence-corrected chi connectivity index (χ4v) is 4.94. The zero-order chi connectivity index (χ0) is 19.8. The van der Waals surface area contributed by atoms with Crippen LogP contribution in [-0.4, -0.2) is 35.3 Å². The van der Waals surface area contributed by atoms with E-state index in [1.807, 2.05) is 35.4 Å². The molecule has 148 valence electrons. The van der Waals surface area contributed by atoms with E-state index in [-0.39, 0.29) is 29.8 Å². The standard InChI is InChI=1S/C22H23F2NO2S/c1-13(26)25-16-5-6-17(25)12-18(11-16)27-22-20(23)9-15(10-21(22)24)14-3-7-19(28-2)8-4-14/h3-4,7-10,16-18H,5-6,11-12H2,1-2H3. The van der Waals surface area contributed by atoms with Crippen LogP contribution in [0.1, 0.15) is 32.6 Å². The lowest BCUT2D eigenvalue weighted by atomic mass is 9.99. The van der Waals surface area contributed by atoms with Crippen LogP contribution in [0.4, 0.5) is 8.78 Å². The van der Waals surface area contributed by atoms with Gasteiger partial charge in [-0.1, -0.05) is 12.1 Å². The summed E-state index contributed by atoms with van der Waals surface area (Å²) in [6, 6.07) is 10.4. The van der Waals surface area contributed by atoms with Crippen LogP contribution in [0, 0.1) is 11.6 Å². The van der Waals surface area contributed by atoms with Crippen molar-refractivity contribution in [2.24, 2.45) is 0 Å². The number of thioether (sulfide) groups is 1. The van der Waals surface area contributed by atoms with Crippen LogP contribution in [0.15, 0.2) is 41.3 Å². The molecule has 2 aliphatic heterocycles. The second-order valence-electron chi connectivity index (χ2n) is 7.52. The maximum Gasteiger partial charge on any atom is 0.219 e. The quantitative estimate of drug-likeness (QED) is 0.651. The van der Waals surface area contributed by atoms with Gasteiger partial charge in [-0.2, -0.15) is 0 Å². The molecule has 2 bridgehead atoms. The average molecular weight is 403 g/mol. The fraction of sp³-hybridized carbons (Fsp3) is 0.409. The third kappa shape index (κ3) is 3.62. The van der Waals surface area contributed by atoms with Crippen molar-refractivity contribution in [2.45, 2.75) is 55.7 Å². The average Bonchev–Trinajstić information content (AvgIpc) is 2.96. The number of hydrogen-bond donors (Lipinski definition) is 0. The smallest absolute Gasteiger partial charge is 0.219 e. The number of ether oxygens (including phenoxy) is 1. The van der Waals surface area contributed by atoms with Crippen molar-refractivity contribution >= 4 is 17.7 Å². The van der Waals surface area contributed by atoms with Crippen molar-refractivity contribution in [3.8, 4) is 16.9 Å². The van der Waals surface area contributed by atoms with E-state index in [9.17, 15) is 13.6 Å². The summed E-state index contributed by atoms with van der Waals surface area (Å²) in [5, 5.41) is 0. The minimum atomic E-state index is -0.690. The van der Waals surface area contributed by atoms with Crippen molar-refractivity contribution in [3.63, 3.8) is 0 Å². The molecule has 2 fully saturated rings. The number of hydrogen-bond acceptors (Lipinski definition) is 3. The topological polar surface area (TPSA) is 29.5 Å². The van der Waals surface area contributed by atoms with Crippen LogP contribution >= 0.6 is 11.8 Å². The zero-order valence-electron chi connectivity index (χ0n) is 16.0. The van der Waals surface area contributed by atoms with E-state index in [2.05, 4.69) is 0 Å². The molecule has 2 saturated heterocycles. The number of carbonyl (C=O) groups excluding carboxylic acids is 1. The minimum Gasteiger partial charge on any atom is -0.484 e. The van der Waals surface area contributed by atoms with E-state index in [4.69, 9.17) is 4.74 Å². The molecule has 2 aromatic carbocycles. The normalized spacial score (nSPS) is 23.7. The number of amides is 1. The van der Waals surface area contributed by atoms with Gasteiger partial charge in [-0.3, -0.25) is 4.79 Å². The van der Waals surface area contributed by atoms with E-state index in [0.717, 1.165) is 23.3 Å². The molecule has 2 heterocycles. The molecule has 28 heavy (non-hydrogen) atoms. The van der Waals surface area contributed by atoms with Crippen molar-refractivity contribution in [2.75, 3.05) is 6.26 Å². The highest BCUT2D eigenvalue weighted by molar-refractivity contribution is 7.98. The Labute approximate surface area is 168 Å². The third-order valence-electron chi connectivity index (χ3n) is 5.76. The number of carbonyl (C=O) groups is 1. The molecule has 1 amide bonds. The Balaban J connectivity index is 1.52. The summed E-state index contributed by atoms with van der Waals surface area (Å²) >= 11 is 1.62. The first-order valence-corrected chi connectivity index (χ1v) is 10.8. The van der Waals surface area contributed by atoms with Crippen molar-refractivity contribution in [3.05, 3.63) is 48.0 Å². The first-order valence-electron chi connectivity index (χ1n) is 9.55. The highest BCUT2D eigenvalue weighted by Gasteiger charge is 2.43. The van der Waals surface area contributed by atoms with Gasteiger partial charge in [0.25, 0.3) is 0 Å². The Kier molecular flexibility index (Phi) is 5.32. The first-order chi connectivity index (χ1) is 13.5. The summed E-state index contributed by atoms with van der Waals surface area (Å²) in [5.41, 5.74) is 1.25. The van der Waals surface area contributed by atoms with Gasteiger partial charge in [-0.15, -0.1) is 11.8 Å². The van der Waals surface area contributed by atoms with Gasteiger partial charge in [0.15, 0.2) is 17.4 Å². The molecule has 3 nitrogen and oxygen atoms in total. The van der Waals surface area contributed by atoms with Crippen molar-refractivity contribution < 1.29 is 18.3 Å². The van der Waals surface area contributed by atoms with E-state index < -0.39 is 11.6 Å². The number of piperidine rings is 1. The molecule has 4 rings (SSSR count). The van der Waals surface area contributed by atoms with E-state index >= 15 is 0 Å². The predicted molar refractivity (Wildman–Crippen MR) is 107 cm³/mol. The van der Waals surface area contributed by atoms with Crippen LogP contribution in [0.25, 0.3) is 11.1 Å². The van der Waals surface area contributed by atoms with Crippen molar-refractivity contribution in [1.82, 2.24) is 4.90 Å². The maximum absolute atomic E-state index is 14.7. The molecule has 2 aromatic rings. The monoisotopic (exact) mass is 403 g/mol. The second-order valence-corrected chi connectivity index (χ2v) is 8.40. The van der Waals surface area contributed by atoms with E-state index in [0.29, 0.717) is 18.4 Å². The molecule has 0 aliphatic carbocycles. The number of benzene rings is 2. The summed E-state index contributed by atoms with van der Waals surface area (Å²) in [6.07, 6.45) is 4.80. The molecule has 2 aliphatic rings. The van der Waals surface area contributed by atoms with Crippen LogP contribution in [0.5, 0.6) is 5.75 Å². The van der Waals surface area contributed by atoms with E-state index in [1.165, 1.54) is 12.1 Å². The molecule has 0 spiro atoms. The maximum atomic E-state index is 14.7. The summed E-state index contributed by atoms with van der Waals surface area (Å²) in [6.45, 7) is 1.58. The molecular formula is C22H23F2NO2S. The lowest BCUT2D eigenvalue weighted by molar-refractivity contribution is -0.134. The highest BCUT2D eigenvalue weighted by atomic mass is 32.2. The van der Waals surface area contributed by atoms with Gasteiger partial charge in [0, 0.05) is 36.7 Å². The second kappa shape index (κ2) is 7.74. The van der Waals surface area contributed by atoms with Gasteiger partial charge < -0.3 is 9.64 Å². The number of nitrogens with zero attached hydrogens (tertiary/aromatic N) is 1. The predicted octanol–water partition coefficient (Wildman–Crippen LogP) is 5.27. The molecular weight excluding hydrogens is 380 g/mol. The minimum absolute atomic E-state index is 0.0696. The van der Waals surface area contributed by atoms with Gasteiger partial charge in [0.1, 0.15) is 6.10 Å². The lowest BCUT2D eigenvalue weighted by Crippen LogP contribution is -2.48. The van der Waals surface area contributed by atoms with Gasteiger partial charge in [-0.05, 0) is 54.5 Å². The highest BCUT2D eigenvalue weighted by Crippen LogP contribution is 2.38. The molecule has 2 unspecified atom stereocenters. The molecule has 0 aromatic heterocycles. The Hall–Kier alpha value is -2.08. The Morgan fingerprint density at radius 3 is 2.11 bits per heavy atom. The fourth-order valence-electron chi connectivity index (χ4n) is 4.53. The van der Waals surface area contributed by atoms with Gasteiger partial charge in [-0.25, -0.2) is 8.78 Å². The number of rotatable bonds is 4. The summed E-state index contributed by atoms with van der Waals surface area (Å²) < 4.78 is 35.1. The molecule has 2 atom stereocenters. The third-order valence-corrected chi connectivity index (χ3v) is 6.50. The Bertz CT molecular complexity index is 850. The Morgan fingerprint density at radius 2 is 1.61 bits per heavy atom. The van der Waals surface area contributed by atoms with Gasteiger partial charge in [0.05, 0.1) is 0 Å². The van der Waals surface area contributed by atoms with Crippen LogP contribution in [-0.2, 0) is 4.79 Å². The Morgan fingerprint density at radius 1 is 1.04 bits per heavy atom. The van der Waals surface area contributed by atoms with Crippen LogP contribution in [0.3, 0.4) is 0 Å². The van der Waals surface area contributed by atoms with Crippen LogP contribution in [0.2, 0.25) is 0 Å². The zero-order valence-corrected chi connectivity index (χ0v) is 16.8. The van der Waals surface area contributed by atoms with E-state index in [1.54, 1.807) is 18.7 Å². The number of fused-ring (bicyclic) bond motifs is 2. The molecule has 6 heteroatoms. The SMILES string of the molecule is CSc1ccc(-c2cc(F)c(OC3CC4CCC(C3)N4C(C)=O)c(F)c2)cc1. The largest absolute Gasteiger partial charge is 0.484 e. The van der Waals surface area contributed by atoms with Gasteiger partial charge >= 0.3 is 0 Å². The summed E-state index contributed by atoms with van der Waals surface area (Å²) in [5.74, 6) is -1.62. The lowest BCUT2D eigenvalue weighted by Gasteiger charge is -2.38. The molecule has 0 saturated carbocycles. The first kappa shape index (κ1) is 19.2. The van der Waals surface area contributed by atoms with Crippen LogP contribution < -0.4 is 4.74 Å². The molecule has 0 N–H and O–H groups in total. The number of halogens is 2.